The first-order valence-corrected chi connectivity index (χ1v) is 9.24. The number of nitrogens with one attached hydrogen (secondary N) is 1. The first-order valence-electron chi connectivity index (χ1n) is 6.88. The number of pyridine rings is 1. The summed E-state index contributed by atoms with van der Waals surface area (Å²) in [5.74, 6) is 0.691. The van der Waals surface area contributed by atoms with E-state index in [4.69, 9.17) is 0 Å². The third kappa shape index (κ3) is 2.77. The molecular formula is C14H16N4O2S2. The number of hydrogen-bond acceptors (Lipinski definition) is 5. The van der Waals surface area contributed by atoms with Gasteiger partial charge in [0.2, 0.25) is 10.0 Å². The molecule has 1 N–H and O–H groups in total. The average molecular weight is 336 g/mol. The Morgan fingerprint density at radius 1 is 1.41 bits per heavy atom. The minimum atomic E-state index is -3.64. The number of hydrogen-bond donors (Lipinski definition) is 1. The second-order valence-corrected chi connectivity index (χ2v) is 7.55. The van der Waals surface area contributed by atoms with Crippen LogP contribution in [0.1, 0.15) is 25.7 Å². The molecule has 116 valence electrons. The predicted molar refractivity (Wildman–Crippen MR) is 86.3 cm³/mol. The third-order valence-corrected chi connectivity index (χ3v) is 5.76. The molecule has 0 saturated carbocycles. The number of aryl methyl sites for hydroxylation is 1. The maximum atomic E-state index is 12.5. The highest BCUT2D eigenvalue weighted by molar-refractivity contribution is 7.89. The number of fused-ring (bicyclic) bond motifs is 1. The smallest absolute Gasteiger partial charge is 0.242 e. The molecule has 0 aromatic carbocycles. The molecule has 0 bridgehead atoms. The molecule has 0 unspecified atom stereocenters. The van der Waals surface area contributed by atoms with Gasteiger partial charge in [-0.1, -0.05) is 0 Å². The van der Waals surface area contributed by atoms with Crippen LogP contribution in [0.2, 0.25) is 0 Å². The Morgan fingerprint density at radius 3 is 3.00 bits per heavy atom. The van der Waals surface area contributed by atoms with Crippen molar-refractivity contribution < 1.29 is 8.42 Å². The van der Waals surface area contributed by atoms with Crippen molar-refractivity contribution in [1.82, 2.24) is 19.3 Å². The van der Waals surface area contributed by atoms with Crippen molar-refractivity contribution in [1.29, 1.82) is 0 Å². The summed E-state index contributed by atoms with van der Waals surface area (Å²) in [4.78, 5) is 8.58. The summed E-state index contributed by atoms with van der Waals surface area (Å²) in [7, 11) is -3.64. The van der Waals surface area contributed by atoms with E-state index < -0.39 is 16.1 Å². The van der Waals surface area contributed by atoms with E-state index in [1.54, 1.807) is 19.2 Å². The lowest BCUT2D eigenvalue weighted by Gasteiger charge is -2.15. The molecule has 0 aliphatic heterocycles. The molecule has 22 heavy (non-hydrogen) atoms. The second-order valence-electron chi connectivity index (χ2n) is 4.89. The highest BCUT2D eigenvalue weighted by Crippen LogP contribution is 2.23. The molecule has 0 aliphatic carbocycles. The Morgan fingerprint density at radius 2 is 2.23 bits per heavy atom. The second kappa shape index (κ2) is 5.79. The molecule has 8 heteroatoms. The summed E-state index contributed by atoms with van der Waals surface area (Å²) < 4.78 is 30.5. The number of thiophene rings is 1. The van der Waals surface area contributed by atoms with Crippen molar-refractivity contribution in [3.63, 3.8) is 0 Å². The average Bonchev–Trinajstić information content (AvgIpc) is 3.14. The molecule has 0 fully saturated rings. The van der Waals surface area contributed by atoms with Gasteiger partial charge in [0.05, 0.1) is 16.3 Å². The molecule has 3 aromatic rings. The zero-order valence-corrected chi connectivity index (χ0v) is 13.9. The highest BCUT2D eigenvalue weighted by atomic mass is 32.2. The minimum Gasteiger partial charge on any atom is -0.334 e. The lowest BCUT2D eigenvalue weighted by atomic mass is 10.3. The molecule has 0 spiro atoms. The normalized spacial score (nSPS) is 13.5. The van der Waals surface area contributed by atoms with Gasteiger partial charge >= 0.3 is 0 Å². The summed E-state index contributed by atoms with van der Waals surface area (Å²) in [6.07, 6.45) is 4.89. The van der Waals surface area contributed by atoms with Crippen LogP contribution in [0.3, 0.4) is 0 Å². The maximum Gasteiger partial charge on any atom is 0.242 e. The van der Waals surface area contributed by atoms with Gasteiger partial charge in [-0.15, -0.1) is 11.3 Å². The van der Waals surface area contributed by atoms with Crippen molar-refractivity contribution in [2.45, 2.75) is 31.3 Å². The molecule has 0 aliphatic rings. The van der Waals surface area contributed by atoms with Crippen LogP contribution in [0, 0.1) is 0 Å². The van der Waals surface area contributed by atoms with E-state index in [0.29, 0.717) is 5.82 Å². The van der Waals surface area contributed by atoms with E-state index in [9.17, 15) is 8.42 Å². The summed E-state index contributed by atoms with van der Waals surface area (Å²) in [5.41, 5.74) is 0.804. The first kappa shape index (κ1) is 15.1. The molecule has 3 rings (SSSR count). The Kier molecular flexibility index (Phi) is 3.98. The lowest BCUT2D eigenvalue weighted by Crippen LogP contribution is -2.28. The van der Waals surface area contributed by atoms with E-state index in [-0.39, 0.29) is 4.90 Å². The predicted octanol–water partition coefficient (Wildman–Crippen LogP) is 2.55. The molecule has 0 amide bonds. The van der Waals surface area contributed by atoms with Gasteiger partial charge in [-0.25, -0.2) is 18.1 Å². The molecule has 3 aromatic heterocycles. The van der Waals surface area contributed by atoms with Gasteiger partial charge in [-0.2, -0.15) is 0 Å². The van der Waals surface area contributed by atoms with Crippen LogP contribution < -0.4 is 4.72 Å². The minimum absolute atomic E-state index is 0.170. The van der Waals surface area contributed by atoms with Crippen molar-refractivity contribution in [2.24, 2.45) is 0 Å². The molecule has 0 saturated heterocycles. The Hall–Kier alpha value is -1.77. The first-order chi connectivity index (χ1) is 10.5. The van der Waals surface area contributed by atoms with Crippen LogP contribution >= 0.6 is 11.3 Å². The zero-order chi connectivity index (χ0) is 15.7. The van der Waals surface area contributed by atoms with Crippen molar-refractivity contribution in [3.05, 3.63) is 41.9 Å². The van der Waals surface area contributed by atoms with Gasteiger partial charge < -0.3 is 4.57 Å². The number of sulfonamides is 1. The van der Waals surface area contributed by atoms with Gasteiger partial charge in [-0.05, 0) is 31.4 Å². The lowest BCUT2D eigenvalue weighted by molar-refractivity contribution is 0.547. The fourth-order valence-corrected chi connectivity index (χ4v) is 4.32. The van der Waals surface area contributed by atoms with Crippen LogP contribution in [-0.2, 0) is 16.6 Å². The summed E-state index contributed by atoms with van der Waals surface area (Å²) in [5, 5.41) is 1.89. The van der Waals surface area contributed by atoms with E-state index in [1.807, 2.05) is 29.1 Å². The zero-order valence-electron chi connectivity index (χ0n) is 12.2. The SMILES string of the molecule is CCn1ccnc1[C@H](C)NS(=O)(=O)c1cnc2ccsc2c1. The van der Waals surface area contributed by atoms with Crippen LogP contribution in [0.25, 0.3) is 10.2 Å². The van der Waals surface area contributed by atoms with E-state index in [0.717, 1.165) is 16.8 Å². The highest BCUT2D eigenvalue weighted by Gasteiger charge is 2.21. The summed E-state index contributed by atoms with van der Waals surface area (Å²) in [6.45, 7) is 4.51. The third-order valence-electron chi connectivity index (χ3n) is 3.40. The van der Waals surface area contributed by atoms with Crippen LogP contribution in [-0.4, -0.2) is 23.0 Å². The standard InChI is InChI=1S/C14H16N4O2S2/c1-3-18-6-5-15-14(18)10(2)17-22(19,20)11-8-13-12(16-9-11)4-7-21-13/h4-10,17H,3H2,1-2H3/t10-/m0/s1. The monoisotopic (exact) mass is 336 g/mol. The summed E-state index contributed by atoms with van der Waals surface area (Å²) in [6, 6.07) is 3.10. The molecule has 3 heterocycles. The van der Waals surface area contributed by atoms with Crippen LogP contribution in [0.15, 0.2) is 41.0 Å². The molecular weight excluding hydrogens is 320 g/mol. The topological polar surface area (TPSA) is 76.9 Å². The van der Waals surface area contributed by atoms with Crippen molar-refractivity contribution >= 4 is 31.6 Å². The quantitative estimate of drug-likeness (QED) is 0.777. The fourth-order valence-electron chi connectivity index (χ4n) is 2.30. The van der Waals surface area contributed by atoms with Crippen molar-refractivity contribution in [2.75, 3.05) is 0 Å². The molecule has 1 atom stereocenters. The molecule has 6 nitrogen and oxygen atoms in total. The van der Waals surface area contributed by atoms with Gasteiger partial charge in [0.15, 0.2) is 0 Å². The summed E-state index contributed by atoms with van der Waals surface area (Å²) >= 11 is 1.47. The number of nitrogens with zero attached hydrogens (tertiary/aromatic N) is 3. The van der Waals surface area contributed by atoms with Gasteiger partial charge in [-0.3, -0.25) is 4.98 Å². The van der Waals surface area contributed by atoms with E-state index in [2.05, 4.69) is 14.7 Å². The van der Waals surface area contributed by atoms with Gasteiger partial charge in [0.25, 0.3) is 0 Å². The van der Waals surface area contributed by atoms with Gasteiger partial charge in [0.1, 0.15) is 10.7 Å². The molecule has 0 radical (unpaired) electrons. The van der Waals surface area contributed by atoms with E-state index in [1.165, 1.54) is 17.5 Å². The largest absolute Gasteiger partial charge is 0.334 e. The Labute approximate surface area is 132 Å². The Balaban J connectivity index is 1.89. The van der Waals surface area contributed by atoms with Crippen molar-refractivity contribution in [3.8, 4) is 0 Å². The Bertz CT molecular complexity index is 898. The van der Waals surface area contributed by atoms with E-state index >= 15 is 0 Å². The van der Waals surface area contributed by atoms with Gasteiger partial charge in [0, 0.05) is 25.1 Å². The fraction of sp³-hybridized carbons (Fsp3) is 0.286. The van der Waals surface area contributed by atoms with Crippen LogP contribution in [0.5, 0.6) is 0 Å². The van der Waals surface area contributed by atoms with Crippen LogP contribution in [0.4, 0.5) is 0 Å². The number of rotatable bonds is 5. The number of aromatic nitrogens is 3. The maximum absolute atomic E-state index is 12.5. The number of imidazole rings is 1.